The number of benzene rings is 1. The molecule has 0 atom stereocenters. The monoisotopic (exact) mass is 326 g/mol. The van der Waals surface area contributed by atoms with Gasteiger partial charge < -0.3 is 15.0 Å². The van der Waals surface area contributed by atoms with Crippen molar-refractivity contribution in [2.24, 2.45) is 7.05 Å². The molecule has 0 unspecified atom stereocenters. The zero-order valence-electron chi connectivity index (χ0n) is 13.7. The SMILES string of the molecule is Cc1nn(C)c(C)c1NC(=O)COC(=O)c1c[nH]c2ccccc12. The van der Waals surface area contributed by atoms with Crippen molar-refractivity contribution in [1.29, 1.82) is 0 Å². The van der Waals surface area contributed by atoms with Crippen LogP contribution in [0.15, 0.2) is 30.5 Å². The summed E-state index contributed by atoms with van der Waals surface area (Å²) in [5.74, 6) is -0.940. The number of aromatic amines is 1. The fourth-order valence-electron chi connectivity index (χ4n) is 2.58. The molecule has 2 heterocycles. The van der Waals surface area contributed by atoms with Crippen LogP contribution >= 0.6 is 0 Å². The number of hydrogen-bond acceptors (Lipinski definition) is 4. The molecule has 7 nitrogen and oxygen atoms in total. The van der Waals surface area contributed by atoms with Gasteiger partial charge in [-0.15, -0.1) is 0 Å². The van der Waals surface area contributed by atoms with Gasteiger partial charge in [-0.1, -0.05) is 18.2 Å². The first kappa shape index (κ1) is 15.8. The van der Waals surface area contributed by atoms with Crippen LogP contribution < -0.4 is 5.32 Å². The fraction of sp³-hybridized carbons (Fsp3) is 0.235. The second kappa shape index (κ2) is 6.19. The molecule has 3 aromatic rings. The molecule has 3 rings (SSSR count). The zero-order chi connectivity index (χ0) is 17.3. The molecule has 24 heavy (non-hydrogen) atoms. The van der Waals surface area contributed by atoms with E-state index in [4.69, 9.17) is 4.74 Å². The van der Waals surface area contributed by atoms with Crippen molar-refractivity contribution >= 4 is 28.5 Å². The summed E-state index contributed by atoms with van der Waals surface area (Å²) < 4.78 is 6.80. The van der Waals surface area contributed by atoms with Gasteiger partial charge in [0.2, 0.25) is 0 Å². The lowest BCUT2D eigenvalue weighted by atomic mass is 10.2. The number of aryl methyl sites for hydroxylation is 2. The maximum Gasteiger partial charge on any atom is 0.340 e. The third-order valence-electron chi connectivity index (χ3n) is 3.92. The van der Waals surface area contributed by atoms with Crippen LogP contribution in [-0.4, -0.2) is 33.2 Å². The summed E-state index contributed by atoms with van der Waals surface area (Å²) in [6.07, 6.45) is 1.58. The number of carbonyl (C=O) groups excluding carboxylic acids is 2. The van der Waals surface area contributed by atoms with Gasteiger partial charge in [0, 0.05) is 24.1 Å². The van der Waals surface area contributed by atoms with Crippen LogP contribution in [0.5, 0.6) is 0 Å². The first-order chi connectivity index (χ1) is 11.5. The van der Waals surface area contributed by atoms with Crippen molar-refractivity contribution < 1.29 is 14.3 Å². The average Bonchev–Trinajstić information content (AvgIpc) is 3.09. The lowest BCUT2D eigenvalue weighted by Crippen LogP contribution is -2.21. The number of para-hydroxylation sites is 1. The highest BCUT2D eigenvalue weighted by Crippen LogP contribution is 2.19. The van der Waals surface area contributed by atoms with Crippen molar-refractivity contribution in [3.8, 4) is 0 Å². The number of H-pyrrole nitrogens is 1. The Labute approximate surface area is 138 Å². The van der Waals surface area contributed by atoms with E-state index in [0.717, 1.165) is 16.6 Å². The average molecular weight is 326 g/mol. The highest BCUT2D eigenvalue weighted by Gasteiger charge is 2.16. The van der Waals surface area contributed by atoms with E-state index < -0.39 is 11.9 Å². The largest absolute Gasteiger partial charge is 0.452 e. The minimum atomic E-state index is -0.540. The Kier molecular flexibility index (Phi) is 4.07. The minimum absolute atomic E-state index is 0.355. The topological polar surface area (TPSA) is 89.0 Å². The molecule has 0 radical (unpaired) electrons. The molecule has 0 spiro atoms. The normalized spacial score (nSPS) is 10.8. The van der Waals surface area contributed by atoms with Crippen LogP contribution in [-0.2, 0) is 16.6 Å². The highest BCUT2D eigenvalue weighted by atomic mass is 16.5. The van der Waals surface area contributed by atoms with E-state index in [1.54, 1.807) is 24.9 Å². The molecule has 124 valence electrons. The van der Waals surface area contributed by atoms with E-state index in [1.165, 1.54) is 0 Å². The number of carbonyl (C=O) groups is 2. The Balaban J connectivity index is 1.65. The van der Waals surface area contributed by atoms with Crippen molar-refractivity contribution in [3.63, 3.8) is 0 Å². The van der Waals surface area contributed by atoms with Crippen LogP contribution in [0.1, 0.15) is 21.7 Å². The molecule has 0 aliphatic heterocycles. The molecule has 0 saturated heterocycles. The second-order valence-corrected chi connectivity index (χ2v) is 5.54. The van der Waals surface area contributed by atoms with Crippen LogP contribution in [0.3, 0.4) is 0 Å². The number of esters is 1. The molecule has 1 amide bonds. The molecule has 0 aliphatic rings. The highest BCUT2D eigenvalue weighted by molar-refractivity contribution is 6.05. The Morgan fingerprint density at radius 1 is 1.29 bits per heavy atom. The summed E-state index contributed by atoms with van der Waals surface area (Å²) >= 11 is 0. The predicted octanol–water partition coefficient (Wildman–Crippen LogP) is 2.31. The van der Waals surface area contributed by atoms with Crippen molar-refractivity contribution in [1.82, 2.24) is 14.8 Å². The quantitative estimate of drug-likeness (QED) is 0.720. The summed E-state index contributed by atoms with van der Waals surface area (Å²) in [6, 6.07) is 7.41. The zero-order valence-corrected chi connectivity index (χ0v) is 13.7. The van der Waals surface area contributed by atoms with E-state index in [2.05, 4.69) is 15.4 Å². The Hall–Kier alpha value is -3.09. The third kappa shape index (κ3) is 2.88. The first-order valence-corrected chi connectivity index (χ1v) is 7.50. The number of nitrogens with zero attached hydrogens (tertiary/aromatic N) is 2. The van der Waals surface area contributed by atoms with E-state index in [1.807, 2.05) is 31.2 Å². The van der Waals surface area contributed by atoms with Gasteiger partial charge in [-0.3, -0.25) is 9.48 Å². The van der Waals surface area contributed by atoms with Crippen LogP contribution in [0, 0.1) is 13.8 Å². The van der Waals surface area contributed by atoms with Gasteiger partial charge >= 0.3 is 5.97 Å². The molecule has 0 saturated carbocycles. The molecule has 7 heteroatoms. The van der Waals surface area contributed by atoms with Crippen molar-refractivity contribution in [2.75, 3.05) is 11.9 Å². The van der Waals surface area contributed by atoms with Gasteiger partial charge in [-0.2, -0.15) is 5.10 Å². The van der Waals surface area contributed by atoms with Gasteiger partial charge in [-0.05, 0) is 19.9 Å². The number of fused-ring (bicyclic) bond motifs is 1. The van der Waals surface area contributed by atoms with E-state index in [0.29, 0.717) is 16.9 Å². The van der Waals surface area contributed by atoms with Crippen molar-refractivity contribution in [3.05, 3.63) is 47.4 Å². The van der Waals surface area contributed by atoms with E-state index >= 15 is 0 Å². The van der Waals surface area contributed by atoms with Crippen molar-refractivity contribution in [2.45, 2.75) is 13.8 Å². The Bertz CT molecular complexity index is 923. The lowest BCUT2D eigenvalue weighted by molar-refractivity contribution is -0.119. The fourth-order valence-corrected chi connectivity index (χ4v) is 2.58. The summed E-state index contributed by atoms with van der Waals surface area (Å²) in [4.78, 5) is 27.2. The summed E-state index contributed by atoms with van der Waals surface area (Å²) in [5, 5.41) is 7.72. The number of amides is 1. The van der Waals surface area contributed by atoms with Crippen LogP contribution in [0.4, 0.5) is 5.69 Å². The maximum absolute atomic E-state index is 12.2. The number of rotatable bonds is 4. The van der Waals surface area contributed by atoms with Gasteiger partial charge in [0.25, 0.3) is 5.91 Å². The molecular formula is C17H18N4O3. The molecular weight excluding hydrogens is 308 g/mol. The molecule has 2 aromatic heterocycles. The second-order valence-electron chi connectivity index (χ2n) is 5.54. The van der Waals surface area contributed by atoms with Crippen LogP contribution in [0.2, 0.25) is 0 Å². The smallest absolute Gasteiger partial charge is 0.340 e. The summed E-state index contributed by atoms with van der Waals surface area (Å²) in [7, 11) is 1.80. The van der Waals surface area contributed by atoms with Gasteiger partial charge in [0.1, 0.15) is 0 Å². The molecule has 0 aliphatic carbocycles. The number of nitrogens with one attached hydrogen (secondary N) is 2. The Morgan fingerprint density at radius 2 is 2.04 bits per heavy atom. The number of aromatic nitrogens is 3. The number of ether oxygens (including phenoxy) is 1. The Morgan fingerprint density at radius 3 is 2.75 bits per heavy atom. The number of hydrogen-bond donors (Lipinski definition) is 2. The molecule has 0 fully saturated rings. The maximum atomic E-state index is 12.2. The van der Waals surface area contributed by atoms with Crippen LogP contribution in [0.25, 0.3) is 10.9 Å². The van der Waals surface area contributed by atoms with E-state index in [9.17, 15) is 9.59 Å². The minimum Gasteiger partial charge on any atom is -0.452 e. The standard InChI is InChI=1S/C17H18N4O3/c1-10-16(11(2)21(3)20-10)19-15(22)9-24-17(23)13-8-18-14-7-5-4-6-12(13)14/h4-8,18H,9H2,1-3H3,(H,19,22). The molecule has 0 bridgehead atoms. The number of anilines is 1. The predicted molar refractivity (Wildman–Crippen MR) is 89.9 cm³/mol. The molecule has 2 N–H and O–H groups in total. The summed E-state index contributed by atoms with van der Waals surface area (Å²) in [5.41, 5.74) is 3.45. The molecule has 1 aromatic carbocycles. The summed E-state index contributed by atoms with van der Waals surface area (Å²) in [6.45, 7) is 3.31. The van der Waals surface area contributed by atoms with Gasteiger partial charge in [0.05, 0.1) is 22.6 Å². The third-order valence-corrected chi connectivity index (χ3v) is 3.92. The van der Waals surface area contributed by atoms with E-state index in [-0.39, 0.29) is 6.61 Å². The van der Waals surface area contributed by atoms with Gasteiger partial charge in [0.15, 0.2) is 6.61 Å². The lowest BCUT2D eigenvalue weighted by Gasteiger charge is -2.06. The first-order valence-electron chi connectivity index (χ1n) is 7.50. The van der Waals surface area contributed by atoms with Gasteiger partial charge in [-0.25, -0.2) is 4.79 Å².